The first kappa shape index (κ1) is 13.2. The number of rotatable bonds is 3. The maximum absolute atomic E-state index is 10.4. The smallest absolute Gasteiger partial charge is 0.217 e. The van der Waals surface area contributed by atoms with Crippen molar-refractivity contribution >= 4 is 11.8 Å². The van der Waals surface area contributed by atoms with E-state index in [0.717, 1.165) is 12.0 Å². The van der Waals surface area contributed by atoms with Gasteiger partial charge in [0.25, 0.3) is 0 Å². The number of carbonyl (C=O) groups is 2. The van der Waals surface area contributed by atoms with Gasteiger partial charge < -0.3 is 11.5 Å². The molecule has 2 amide bonds. The summed E-state index contributed by atoms with van der Waals surface area (Å²) in [6, 6.07) is 9.84. The van der Waals surface area contributed by atoms with Gasteiger partial charge in [-0.1, -0.05) is 30.3 Å². The van der Waals surface area contributed by atoms with E-state index in [1.165, 1.54) is 6.92 Å². The van der Waals surface area contributed by atoms with Crippen molar-refractivity contribution in [1.82, 2.24) is 0 Å². The molecule has 0 atom stereocenters. The van der Waals surface area contributed by atoms with E-state index < -0.39 is 0 Å². The van der Waals surface area contributed by atoms with Gasteiger partial charge in [0.05, 0.1) is 0 Å². The largest absolute Gasteiger partial charge is 0.370 e. The average Bonchev–Trinajstić information content (AvgIpc) is 2.15. The predicted octanol–water partition coefficient (Wildman–Crippen LogP) is 0.596. The Bertz CT molecular complexity index is 306. The number of benzene rings is 1. The third kappa shape index (κ3) is 10.1. The molecule has 15 heavy (non-hydrogen) atoms. The lowest BCUT2D eigenvalue weighted by Gasteiger charge is -1.96. The number of primary amides is 2. The lowest BCUT2D eigenvalue weighted by atomic mass is 10.1. The fourth-order valence-corrected chi connectivity index (χ4v) is 0.912. The van der Waals surface area contributed by atoms with Crippen molar-refractivity contribution in [3.05, 3.63) is 35.9 Å². The molecular formula is C11H16N2O2. The second-order valence-electron chi connectivity index (χ2n) is 3.06. The van der Waals surface area contributed by atoms with Crippen molar-refractivity contribution in [2.24, 2.45) is 11.5 Å². The lowest BCUT2D eigenvalue weighted by Crippen LogP contribution is -2.10. The zero-order chi connectivity index (χ0) is 11.7. The van der Waals surface area contributed by atoms with Gasteiger partial charge in [0.2, 0.25) is 11.8 Å². The minimum absolute atomic E-state index is 0.242. The van der Waals surface area contributed by atoms with E-state index in [-0.39, 0.29) is 11.8 Å². The average molecular weight is 208 g/mol. The predicted molar refractivity (Wildman–Crippen MR) is 58.8 cm³/mol. The van der Waals surface area contributed by atoms with Gasteiger partial charge in [-0.15, -0.1) is 0 Å². The molecule has 1 rings (SSSR count). The van der Waals surface area contributed by atoms with Crippen LogP contribution in [0.4, 0.5) is 0 Å². The molecule has 0 saturated carbocycles. The molecule has 0 aliphatic carbocycles. The molecule has 4 nitrogen and oxygen atoms in total. The molecule has 0 fully saturated rings. The van der Waals surface area contributed by atoms with Crippen LogP contribution in [-0.4, -0.2) is 11.8 Å². The normalized spacial score (nSPS) is 8.60. The van der Waals surface area contributed by atoms with Crippen LogP contribution < -0.4 is 11.5 Å². The van der Waals surface area contributed by atoms with Gasteiger partial charge in [-0.05, 0) is 12.0 Å². The Hall–Kier alpha value is -1.84. The van der Waals surface area contributed by atoms with Gasteiger partial charge in [0.15, 0.2) is 0 Å². The summed E-state index contributed by atoms with van der Waals surface area (Å²) < 4.78 is 0. The summed E-state index contributed by atoms with van der Waals surface area (Å²) in [5.74, 6) is -0.575. The SMILES string of the molecule is CC(N)=O.NC(=O)CCc1ccccc1. The Morgan fingerprint density at radius 3 is 2.00 bits per heavy atom. The molecule has 0 aliphatic heterocycles. The van der Waals surface area contributed by atoms with Gasteiger partial charge in [0.1, 0.15) is 0 Å². The van der Waals surface area contributed by atoms with E-state index >= 15 is 0 Å². The Balaban J connectivity index is 0.000000423. The molecule has 0 radical (unpaired) electrons. The molecule has 1 aromatic rings. The first-order valence-corrected chi connectivity index (χ1v) is 4.60. The molecule has 0 heterocycles. The van der Waals surface area contributed by atoms with E-state index in [4.69, 9.17) is 5.73 Å². The van der Waals surface area contributed by atoms with Crippen LogP contribution in [0.25, 0.3) is 0 Å². The lowest BCUT2D eigenvalue weighted by molar-refractivity contribution is -0.118. The molecule has 1 aromatic carbocycles. The van der Waals surface area contributed by atoms with Crippen molar-refractivity contribution in [3.8, 4) is 0 Å². The standard InChI is InChI=1S/C9H11NO.C2H5NO/c10-9(11)7-6-8-4-2-1-3-5-8;1-2(3)4/h1-5H,6-7H2,(H2,10,11);1H3,(H2,3,4). The number of hydrogen-bond donors (Lipinski definition) is 2. The highest BCUT2D eigenvalue weighted by Crippen LogP contribution is 2.00. The van der Waals surface area contributed by atoms with E-state index in [1.54, 1.807) is 0 Å². The molecule has 0 bridgehead atoms. The van der Waals surface area contributed by atoms with E-state index in [2.05, 4.69) is 5.73 Å². The molecule has 82 valence electrons. The highest BCUT2D eigenvalue weighted by Gasteiger charge is 1.94. The molecule has 4 N–H and O–H groups in total. The highest BCUT2D eigenvalue weighted by molar-refractivity contribution is 5.73. The van der Waals surface area contributed by atoms with Crippen LogP contribution in [0.3, 0.4) is 0 Å². The number of amides is 2. The van der Waals surface area contributed by atoms with Gasteiger partial charge in [-0.25, -0.2) is 0 Å². The van der Waals surface area contributed by atoms with Crippen LogP contribution >= 0.6 is 0 Å². The number of nitrogens with two attached hydrogens (primary N) is 2. The van der Waals surface area contributed by atoms with Crippen LogP contribution in [-0.2, 0) is 16.0 Å². The van der Waals surface area contributed by atoms with E-state index in [9.17, 15) is 9.59 Å². The molecule has 0 aliphatic rings. The molecule has 0 aromatic heterocycles. The van der Waals surface area contributed by atoms with Crippen LogP contribution in [0.1, 0.15) is 18.9 Å². The highest BCUT2D eigenvalue weighted by atomic mass is 16.1. The third-order valence-corrected chi connectivity index (χ3v) is 1.50. The fraction of sp³-hybridized carbons (Fsp3) is 0.273. The molecule has 4 heteroatoms. The second-order valence-corrected chi connectivity index (χ2v) is 3.06. The first-order chi connectivity index (χ1) is 7.02. The summed E-state index contributed by atoms with van der Waals surface area (Å²) in [7, 11) is 0. The van der Waals surface area contributed by atoms with Crippen molar-refractivity contribution in [1.29, 1.82) is 0 Å². The monoisotopic (exact) mass is 208 g/mol. The maximum Gasteiger partial charge on any atom is 0.217 e. The third-order valence-electron chi connectivity index (χ3n) is 1.50. The summed E-state index contributed by atoms with van der Waals surface area (Å²) in [5.41, 5.74) is 10.6. The summed E-state index contributed by atoms with van der Waals surface area (Å²) in [5, 5.41) is 0. The Morgan fingerprint density at radius 2 is 1.60 bits per heavy atom. The van der Waals surface area contributed by atoms with E-state index in [0.29, 0.717) is 6.42 Å². The molecule has 0 spiro atoms. The van der Waals surface area contributed by atoms with Crippen molar-refractivity contribution < 1.29 is 9.59 Å². The summed E-state index contributed by atoms with van der Waals surface area (Å²) in [6.07, 6.45) is 1.18. The van der Waals surface area contributed by atoms with Crippen molar-refractivity contribution in [3.63, 3.8) is 0 Å². The molecule has 0 unspecified atom stereocenters. The Kier molecular flexibility index (Phi) is 6.63. The van der Waals surface area contributed by atoms with Crippen LogP contribution in [0, 0.1) is 0 Å². The Morgan fingerprint density at radius 1 is 1.13 bits per heavy atom. The number of aryl methyl sites for hydroxylation is 1. The maximum atomic E-state index is 10.4. The zero-order valence-electron chi connectivity index (χ0n) is 8.77. The van der Waals surface area contributed by atoms with Crippen LogP contribution in [0.2, 0.25) is 0 Å². The quantitative estimate of drug-likeness (QED) is 0.761. The second kappa shape index (κ2) is 7.55. The van der Waals surface area contributed by atoms with Gasteiger partial charge in [0, 0.05) is 13.3 Å². The summed E-state index contributed by atoms with van der Waals surface area (Å²) in [6.45, 7) is 1.31. The molecular weight excluding hydrogens is 192 g/mol. The summed E-state index contributed by atoms with van der Waals surface area (Å²) >= 11 is 0. The number of hydrogen-bond acceptors (Lipinski definition) is 2. The Labute approximate surface area is 89.3 Å². The minimum Gasteiger partial charge on any atom is -0.370 e. The summed E-state index contributed by atoms with van der Waals surface area (Å²) in [4.78, 5) is 19.6. The minimum atomic E-state index is -0.333. The van der Waals surface area contributed by atoms with Crippen molar-refractivity contribution in [2.75, 3.05) is 0 Å². The van der Waals surface area contributed by atoms with Gasteiger partial charge >= 0.3 is 0 Å². The number of carbonyl (C=O) groups excluding carboxylic acids is 2. The zero-order valence-corrected chi connectivity index (χ0v) is 8.77. The topological polar surface area (TPSA) is 86.2 Å². The van der Waals surface area contributed by atoms with E-state index in [1.807, 2.05) is 30.3 Å². The van der Waals surface area contributed by atoms with Gasteiger partial charge in [-0.2, -0.15) is 0 Å². The van der Waals surface area contributed by atoms with Gasteiger partial charge in [-0.3, -0.25) is 9.59 Å². The molecule has 0 saturated heterocycles. The van der Waals surface area contributed by atoms with Crippen molar-refractivity contribution in [2.45, 2.75) is 19.8 Å². The fourth-order valence-electron chi connectivity index (χ4n) is 0.912. The first-order valence-electron chi connectivity index (χ1n) is 4.60. The van der Waals surface area contributed by atoms with Crippen LogP contribution in [0.15, 0.2) is 30.3 Å². The van der Waals surface area contributed by atoms with Crippen LogP contribution in [0.5, 0.6) is 0 Å².